The molecule has 1 rings (SSSR count). The standard InChI is InChI=1S/C14H20O5/c1-9(2)13(15)19-11(4)6-5-10(3)14(16)18-8-12-7-17-12/h5,11-12H,1,6-8H2,2-4H3. The highest BCUT2D eigenvalue weighted by Crippen LogP contribution is 2.11. The predicted octanol–water partition coefficient (Wildman–Crippen LogP) is 1.77. The van der Waals surface area contributed by atoms with Crippen molar-refractivity contribution < 1.29 is 23.8 Å². The van der Waals surface area contributed by atoms with Gasteiger partial charge < -0.3 is 14.2 Å². The third kappa shape index (κ3) is 6.20. The fourth-order valence-electron chi connectivity index (χ4n) is 1.20. The van der Waals surface area contributed by atoms with Crippen LogP contribution < -0.4 is 0 Å². The molecule has 0 aromatic carbocycles. The summed E-state index contributed by atoms with van der Waals surface area (Å²) in [5, 5.41) is 0. The Balaban J connectivity index is 2.30. The molecule has 0 aromatic rings. The van der Waals surface area contributed by atoms with Crippen LogP contribution in [0.2, 0.25) is 0 Å². The smallest absolute Gasteiger partial charge is 0.333 e. The average Bonchev–Trinajstić information content (AvgIpc) is 3.16. The number of hydrogen-bond donors (Lipinski definition) is 0. The Labute approximate surface area is 113 Å². The second-order valence-electron chi connectivity index (χ2n) is 4.67. The lowest BCUT2D eigenvalue weighted by molar-refractivity contribution is -0.143. The summed E-state index contributed by atoms with van der Waals surface area (Å²) in [6, 6.07) is 0. The van der Waals surface area contributed by atoms with Crippen LogP contribution in [0.5, 0.6) is 0 Å². The second kappa shape index (κ2) is 7.09. The minimum Gasteiger partial charge on any atom is -0.459 e. The van der Waals surface area contributed by atoms with Gasteiger partial charge in [-0.1, -0.05) is 12.7 Å². The van der Waals surface area contributed by atoms with Crippen LogP contribution in [0.15, 0.2) is 23.8 Å². The van der Waals surface area contributed by atoms with Gasteiger partial charge in [-0.15, -0.1) is 0 Å². The van der Waals surface area contributed by atoms with Crippen molar-refractivity contribution >= 4 is 11.9 Å². The van der Waals surface area contributed by atoms with Crippen molar-refractivity contribution in [2.75, 3.05) is 13.2 Å². The molecule has 2 atom stereocenters. The summed E-state index contributed by atoms with van der Waals surface area (Å²) in [6.07, 6.45) is 1.91. The molecule has 2 unspecified atom stereocenters. The van der Waals surface area contributed by atoms with Gasteiger partial charge in [-0.25, -0.2) is 9.59 Å². The first kappa shape index (κ1) is 15.4. The summed E-state index contributed by atoms with van der Waals surface area (Å²) in [5.74, 6) is -0.791. The van der Waals surface area contributed by atoms with Crippen LogP contribution in [0.3, 0.4) is 0 Å². The summed E-state index contributed by atoms with van der Waals surface area (Å²) in [5.41, 5.74) is 0.857. The fourth-order valence-corrected chi connectivity index (χ4v) is 1.20. The SMILES string of the molecule is C=C(C)C(=O)OC(C)CC=C(C)C(=O)OCC1CO1. The van der Waals surface area contributed by atoms with Gasteiger partial charge in [0.25, 0.3) is 0 Å². The van der Waals surface area contributed by atoms with Gasteiger partial charge in [-0.3, -0.25) is 0 Å². The Hall–Kier alpha value is -1.62. The van der Waals surface area contributed by atoms with E-state index in [1.807, 2.05) is 0 Å². The van der Waals surface area contributed by atoms with Gasteiger partial charge in [0.2, 0.25) is 0 Å². The van der Waals surface area contributed by atoms with Crippen LogP contribution in [-0.2, 0) is 23.8 Å². The maximum atomic E-state index is 11.6. The highest BCUT2D eigenvalue weighted by molar-refractivity contribution is 5.88. The third-order valence-corrected chi connectivity index (χ3v) is 2.54. The van der Waals surface area contributed by atoms with Gasteiger partial charge in [-0.2, -0.15) is 0 Å². The largest absolute Gasteiger partial charge is 0.459 e. The molecule has 1 aliphatic rings. The number of esters is 2. The maximum Gasteiger partial charge on any atom is 0.333 e. The first-order valence-electron chi connectivity index (χ1n) is 6.22. The van der Waals surface area contributed by atoms with E-state index >= 15 is 0 Å². The van der Waals surface area contributed by atoms with Crippen LogP contribution >= 0.6 is 0 Å². The van der Waals surface area contributed by atoms with Gasteiger partial charge in [-0.05, 0) is 20.8 Å². The number of hydrogen-bond acceptors (Lipinski definition) is 5. The molecule has 0 aliphatic carbocycles. The van der Waals surface area contributed by atoms with Crippen LogP contribution in [0, 0.1) is 0 Å². The molecule has 19 heavy (non-hydrogen) atoms. The molecular weight excluding hydrogens is 248 g/mol. The van der Waals surface area contributed by atoms with Crippen LogP contribution in [-0.4, -0.2) is 37.4 Å². The Morgan fingerprint density at radius 1 is 1.42 bits per heavy atom. The molecule has 0 radical (unpaired) electrons. The molecule has 1 heterocycles. The van der Waals surface area contributed by atoms with E-state index < -0.39 is 5.97 Å². The normalized spacial score (nSPS) is 19.5. The van der Waals surface area contributed by atoms with Gasteiger partial charge >= 0.3 is 11.9 Å². The molecule has 0 N–H and O–H groups in total. The van der Waals surface area contributed by atoms with Crippen molar-refractivity contribution in [3.05, 3.63) is 23.8 Å². The molecule has 5 heteroatoms. The molecule has 1 aliphatic heterocycles. The van der Waals surface area contributed by atoms with Crippen molar-refractivity contribution in [1.82, 2.24) is 0 Å². The number of epoxide rings is 1. The molecular formula is C14H20O5. The van der Waals surface area contributed by atoms with Gasteiger partial charge in [0, 0.05) is 17.6 Å². The predicted molar refractivity (Wildman–Crippen MR) is 69.4 cm³/mol. The van der Waals surface area contributed by atoms with E-state index in [-0.39, 0.29) is 18.2 Å². The Morgan fingerprint density at radius 2 is 2.05 bits per heavy atom. The lowest BCUT2D eigenvalue weighted by atomic mass is 10.2. The van der Waals surface area contributed by atoms with E-state index in [1.165, 1.54) is 0 Å². The van der Waals surface area contributed by atoms with Crippen molar-refractivity contribution in [3.63, 3.8) is 0 Å². The quantitative estimate of drug-likeness (QED) is 0.400. The van der Waals surface area contributed by atoms with Crippen molar-refractivity contribution in [1.29, 1.82) is 0 Å². The first-order valence-corrected chi connectivity index (χ1v) is 6.22. The highest BCUT2D eigenvalue weighted by atomic mass is 16.6. The van der Waals surface area contributed by atoms with E-state index in [1.54, 1.807) is 26.8 Å². The minimum atomic E-state index is -0.424. The van der Waals surface area contributed by atoms with Crippen LogP contribution in [0.4, 0.5) is 0 Å². The van der Waals surface area contributed by atoms with E-state index in [0.717, 1.165) is 0 Å². The number of rotatable bonds is 7. The van der Waals surface area contributed by atoms with Crippen molar-refractivity contribution in [2.24, 2.45) is 0 Å². The summed E-state index contributed by atoms with van der Waals surface area (Å²) < 4.78 is 15.1. The molecule has 0 aromatic heterocycles. The van der Waals surface area contributed by atoms with Crippen LogP contribution in [0.1, 0.15) is 27.2 Å². The Morgan fingerprint density at radius 3 is 2.58 bits per heavy atom. The molecule has 1 fully saturated rings. The first-order chi connectivity index (χ1) is 8.90. The molecule has 0 bridgehead atoms. The highest BCUT2D eigenvalue weighted by Gasteiger charge is 2.24. The molecule has 1 saturated heterocycles. The monoisotopic (exact) mass is 268 g/mol. The average molecular weight is 268 g/mol. The summed E-state index contributed by atoms with van der Waals surface area (Å²) in [4.78, 5) is 22.8. The zero-order valence-electron chi connectivity index (χ0n) is 11.6. The minimum absolute atomic E-state index is 0.0622. The van der Waals surface area contributed by atoms with Gasteiger partial charge in [0.15, 0.2) is 0 Å². The lowest BCUT2D eigenvalue weighted by Gasteiger charge is -2.11. The lowest BCUT2D eigenvalue weighted by Crippen LogP contribution is -2.15. The van der Waals surface area contributed by atoms with Crippen molar-refractivity contribution in [2.45, 2.75) is 39.4 Å². The van der Waals surface area contributed by atoms with E-state index in [9.17, 15) is 9.59 Å². The topological polar surface area (TPSA) is 65.1 Å². The van der Waals surface area contributed by atoms with Gasteiger partial charge in [0.05, 0.1) is 6.61 Å². The van der Waals surface area contributed by atoms with Crippen molar-refractivity contribution in [3.8, 4) is 0 Å². The maximum absolute atomic E-state index is 11.6. The van der Waals surface area contributed by atoms with Crippen LogP contribution in [0.25, 0.3) is 0 Å². The second-order valence-corrected chi connectivity index (χ2v) is 4.67. The molecule has 0 spiro atoms. The third-order valence-electron chi connectivity index (χ3n) is 2.54. The van der Waals surface area contributed by atoms with E-state index in [2.05, 4.69) is 6.58 Å². The zero-order valence-corrected chi connectivity index (χ0v) is 11.6. The Bertz CT molecular complexity index is 393. The number of carbonyl (C=O) groups is 2. The van der Waals surface area contributed by atoms with E-state index in [4.69, 9.17) is 14.2 Å². The molecule has 5 nitrogen and oxygen atoms in total. The molecule has 0 saturated carbocycles. The fraction of sp³-hybridized carbons (Fsp3) is 0.571. The molecule has 0 amide bonds. The zero-order chi connectivity index (χ0) is 14.4. The Kier molecular flexibility index (Phi) is 5.76. The number of ether oxygens (including phenoxy) is 3. The summed E-state index contributed by atoms with van der Waals surface area (Å²) in [6.45, 7) is 9.47. The van der Waals surface area contributed by atoms with E-state index in [0.29, 0.717) is 30.8 Å². The summed E-state index contributed by atoms with van der Waals surface area (Å²) in [7, 11) is 0. The summed E-state index contributed by atoms with van der Waals surface area (Å²) >= 11 is 0. The number of carbonyl (C=O) groups excluding carboxylic acids is 2. The van der Waals surface area contributed by atoms with Gasteiger partial charge in [0.1, 0.15) is 18.8 Å². The molecule has 106 valence electrons.